The lowest BCUT2D eigenvalue weighted by molar-refractivity contribution is -0.135. The minimum absolute atomic E-state index is 0.231. The van der Waals surface area contributed by atoms with Crippen LogP contribution >= 0.6 is 0 Å². The van der Waals surface area contributed by atoms with Crippen LogP contribution in [0.15, 0.2) is 0 Å². The van der Waals surface area contributed by atoms with Gasteiger partial charge in [0.15, 0.2) is 0 Å². The Morgan fingerprint density at radius 1 is 1.19 bits per heavy atom. The topological polar surface area (TPSA) is 24.1 Å². The Morgan fingerprint density at radius 3 is 2.62 bits per heavy atom. The van der Waals surface area contributed by atoms with Gasteiger partial charge in [0.05, 0.1) is 0 Å². The summed E-state index contributed by atoms with van der Waals surface area (Å²) >= 11 is 0. The molecule has 96 valence electrons. The van der Waals surface area contributed by atoms with Crippen molar-refractivity contribution < 1.29 is 13.2 Å². The van der Waals surface area contributed by atoms with Crippen molar-refractivity contribution in [2.75, 3.05) is 19.6 Å². The summed E-state index contributed by atoms with van der Waals surface area (Å²) in [4.78, 5) is 0. The first-order chi connectivity index (χ1) is 7.58. The number of piperidine rings is 1. The predicted octanol–water partition coefficient (Wildman–Crippen LogP) is 2.45. The van der Waals surface area contributed by atoms with Crippen LogP contribution in [0.4, 0.5) is 13.2 Å². The Hall–Kier alpha value is -0.290. The molecule has 0 radical (unpaired) electrons. The van der Waals surface area contributed by atoms with E-state index in [1.807, 2.05) is 0 Å². The first-order valence-corrected chi connectivity index (χ1v) is 6.09. The first kappa shape index (κ1) is 13.8. The van der Waals surface area contributed by atoms with Crippen molar-refractivity contribution in [3.8, 4) is 0 Å². The molecule has 1 aliphatic rings. The molecule has 0 aliphatic carbocycles. The molecular formula is C11H21F3N2. The van der Waals surface area contributed by atoms with E-state index < -0.39 is 12.6 Å². The second-order valence-corrected chi connectivity index (χ2v) is 4.42. The van der Waals surface area contributed by atoms with Gasteiger partial charge in [0.1, 0.15) is 0 Å². The Bertz CT molecular complexity index is 177. The van der Waals surface area contributed by atoms with Crippen molar-refractivity contribution in [3.05, 3.63) is 0 Å². The van der Waals surface area contributed by atoms with Crippen LogP contribution in [0.5, 0.6) is 0 Å². The fraction of sp³-hybridized carbons (Fsp3) is 1.00. The first-order valence-electron chi connectivity index (χ1n) is 6.09. The lowest BCUT2D eigenvalue weighted by Gasteiger charge is -2.23. The largest absolute Gasteiger partial charge is 0.389 e. The van der Waals surface area contributed by atoms with E-state index in [0.29, 0.717) is 19.0 Å². The second kappa shape index (κ2) is 7.12. The summed E-state index contributed by atoms with van der Waals surface area (Å²) in [6.07, 6.45) is -0.146. The van der Waals surface area contributed by atoms with Crippen molar-refractivity contribution in [1.29, 1.82) is 0 Å². The maximum Gasteiger partial charge on any atom is 0.389 e. The molecule has 5 heteroatoms. The summed E-state index contributed by atoms with van der Waals surface area (Å²) in [6.45, 7) is 2.64. The van der Waals surface area contributed by atoms with E-state index in [1.165, 1.54) is 19.3 Å². The predicted molar refractivity (Wildman–Crippen MR) is 58.4 cm³/mol. The molecule has 0 amide bonds. The van der Waals surface area contributed by atoms with Crippen LogP contribution in [0, 0.1) is 0 Å². The summed E-state index contributed by atoms with van der Waals surface area (Å²) in [6, 6.07) is 0.511. The van der Waals surface area contributed by atoms with Crippen molar-refractivity contribution in [3.63, 3.8) is 0 Å². The molecule has 1 fully saturated rings. The monoisotopic (exact) mass is 238 g/mol. The molecule has 0 aromatic rings. The molecule has 1 atom stereocenters. The summed E-state index contributed by atoms with van der Waals surface area (Å²) in [5, 5.41) is 6.60. The quantitative estimate of drug-likeness (QED) is 0.695. The highest BCUT2D eigenvalue weighted by Crippen LogP contribution is 2.21. The van der Waals surface area contributed by atoms with Gasteiger partial charge in [-0.15, -0.1) is 0 Å². The Labute approximate surface area is 95.0 Å². The number of nitrogens with one attached hydrogen (secondary N) is 2. The number of unbranched alkanes of at least 4 members (excludes halogenated alkanes) is 1. The smallest absolute Gasteiger partial charge is 0.315 e. The molecule has 1 rings (SSSR count). The second-order valence-electron chi connectivity index (χ2n) is 4.42. The van der Waals surface area contributed by atoms with Crippen LogP contribution in [0.1, 0.15) is 38.5 Å². The number of hydrogen-bond donors (Lipinski definition) is 2. The van der Waals surface area contributed by atoms with Gasteiger partial charge < -0.3 is 10.6 Å². The van der Waals surface area contributed by atoms with Crippen molar-refractivity contribution in [2.45, 2.75) is 50.7 Å². The Balaban J connectivity index is 1.87. The molecule has 1 heterocycles. The van der Waals surface area contributed by atoms with Crippen LogP contribution in [-0.4, -0.2) is 31.9 Å². The third kappa shape index (κ3) is 7.06. The third-order valence-electron chi connectivity index (χ3n) is 2.87. The molecule has 1 aliphatic heterocycles. The van der Waals surface area contributed by atoms with Crippen LogP contribution in [0.3, 0.4) is 0 Å². The van der Waals surface area contributed by atoms with E-state index in [0.717, 1.165) is 13.1 Å². The molecule has 0 aromatic carbocycles. The van der Waals surface area contributed by atoms with Gasteiger partial charge >= 0.3 is 6.18 Å². The van der Waals surface area contributed by atoms with Crippen LogP contribution < -0.4 is 10.6 Å². The fourth-order valence-corrected chi connectivity index (χ4v) is 1.95. The molecule has 1 saturated heterocycles. The SMILES string of the molecule is FC(F)(F)CCCCNCC1CCCCN1. The number of rotatable bonds is 6. The number of hydrogen-bond acceptors (Lipinski definition) is 2. The highest BCUT2D eigenvalue weighted by Gasteiger charge is 2.25. The van der Waals surface area contributed by atoms with Gasteiger partial charge in [0, 0.05) is 19.0 Å². The molecule has 16 heavy (non-hydrogen) atoms. The van der Waals surface area contributed by atoms with Gasteiger partial charge in [0.25, 0.3) is 0 Å². The van der Waals surface area contributed by atoms with Crippen molar-refractivity contribution >= 4 is 0 Å². The fourth-order valence-electron chi connectivity index (χ4n) is 1.95. The van der Waals surface area contributed by atoms with Crippen LogP contribution in [0.25, 0.3) is 0 Å². The average molecular weight is 238 g/mol. The summed E-state index contributed by atoms with van der Waals surface area (Å²) in [5.41, 5.74) is 0. The van der Waals surface area contributed by atoms with Gasteiger partial charge in [-0.25, -0.2) is 0 Å². The molecular weight excluding hydrogens is 217 g/mol. The summed E-state index contributed by atoms with van der Waals surface area (Å²) < 4.78 is 35.5. The zero-order valence-electron chi connectivity index (χ0n) is 9.58. The molecule has 0 spiro atoms. The van der Waals surface area contributed by atoms with E-state index in [2.05, 4.69) is 10.6 Å². The van der Waals surface area contributed by atoms with Crippen molar-refractivity contribution in [2.24, 2.45) is 0 Å². The minimum Gasteiger partial charge on any atom is -0.315 e. The van der Waals surface area contributed by atoms with E-state index in [4.69, 9.17) is 0 Å². The zero-order valence-corrected chi connectivity index (χ0v) is 9.58. The Kier molecular flexibility index (Phi) is 6.13. The van der Waals surface area contributed by atoms with E-state index in [1.54, 1.807) is 0 Å². The molecule has 0 bridgehead atoms. The molecule has 0 aromatic heterocycles. The van der Waals surface area contributed by atoms with E-state index in [9.17, 15) is 13.2 Å². The third-order valence-corrected chi connectivity index (χ3v) is 2.87. The van der Waals surface area contributed by atoms with Crippen molar-refractivity contribution in [1.82, 2.24) is 10.6 Å². The summed E-state index contributed by atoms with van der Waals surface area (Å²) in [5.74, 6) is 0. The summed E-state index contributed by atoms with van der Waals surface area (Å²) in [7, 11) is 0. The normalized spacial score (nSPS) is 22.3. The standard InChI is InChI=1S/C11H21F3N2/c12-11(13,14)6-2-4-7-15-9-10-5-1-3-8-16-10/h10,15-16H,1-9H2. The molecule has 0 saturated carbocycles. The van der Waals surface area contributed by atoms with Gasteiger partial charge in [-0.1, -0.05) is 6.42 Å². The van der Waals surface area contributed by atoms with E-state index >= 15 is 0 Å². The average Bonchev–Trinajstić information content (AvgIpc) is 2.23. The van der Waals surface area contributed by atoms with Crippen LogP contribution in [0.2, 0.25) is 0 Å². The van der Waals surface area contributed by atoms with E-state index in [-0.39, 0.29) is 6.42 Å². The maximum absolute atomic E-state index is 11.8. The van der Waals surface area contributed by atoms with Gasteiger partial charge in [-0.05, 0) is 38.8 Å². The Morgan fingerprint density at radius 2 is 2.00 bits per heavy atom. The van der Waals surface area contributed by atoms with Gasteiger partial charge in [0.2, 0.25) is 0 Å². The molecule has 2 N–H and O–H groups in total. The minimum atomic E-state index is -4.00. The van der Waals surface area contributed by atoms with Gasteiger partial charge in [-0.2, -0.15) is 13.2 Å². The highest BCUT2D eigenvalue weighted by molar-refractivity contribution is 4.74. The number of alkyl halides is 3. The zero-order chi connectivity index (χ0) is 11.9. The maximum atomic E-state index is 11.8. The van der Waals surface area contributed by atoms with Crippen LogP contribution in [-0.2, 0) is 0 Å². The lowest BCUT2D eigenvalue weighted by atomic mass is 10.1. The number of halogens is 3. The van der Waals surface area contributed by atoms with Gasteiger partial charge in [-0.3, -0.25) is 0 Å². The molecule has 1 unspecified atom stereocenters. The highest BCUT2D eigenvalue weighted by atomic mass is 19.4. The lowest BCUT2D eigenvalue weighted by Crippen LogP contribution is -2.41. The molecule has 2 nitrogen and oxygen atoms in total.